The van der Waals surface area contributed by atoms with E-state index >= 15 is 0 Å². The van der Waals surface area contributed by atoms with Crippen molar-refractivity contribution in [2.75, 3.05) is 0 Å². The lowest BCUT2D eigenvalue weighted by Gasteiger charge is -2.20. The van der Waals surface area contributed by atoms with E-state index in [0.29, 0.717) is 0 Å². The molecule has 44 heavy (non-hydrogen) atoms. The fraction of sp³-hybridized carbons (Fsp3) is 0. The molecule has 0 nitrogen and oxygen atoms in total. The van der Waals surface area contributed by atoms with Crippen molar-refractivity contribution in [3.8, 4) is 33.4 Å². The summed E-state index contributed by atoms with van der Waals surface area (Å²) in [4.78, 5) is 0. The van der Waals surface area contributed by atoms with E-state index in [0.717, 1.165) is 0 Å². The Kier molecular flexibility index (Phi) is 5.61. The van der Waals surface area contributed by atoms with Crippen molar-refractivity contribution in [1.82, 2.24) is 0 Å². The summed E-state index contributed by atoms with van der Waals surface area (Å²) in [6, 6.07) is 62.5. The summed E-state index contributed by atoms with van der Waals surface area (Å²) in [5.41, 5.74) is 7.51. The second-order valence-electron chi connectivity index (χ2n) is 11.7. The summed E-state index contributed by atoms with van der Waals surface area (Å²) in [6.45, 7) is 0. The summed E-state index contributed by atoms with van der Waals surface area (Å²) < 4.78 is 0. The van der Waals surface area contributed by atoms with Crippen LogP contribution < -0.4 is 0 Å². The summed E-state index contributed by atoms with van der Waals surface area (Å²) in [5, 5.41) is 12.7. The maximum absolute atomic E-state index is 2.42. The van der Waals surface area contributed by atoms with Crippen molar-refractivity contribution in [3.63, 3.8) is 0 Å². The summed E-state index contributed by atoms with van der Waals surface area (Å²) >= 11 is 0. The SMILES string of the molecule is c1ccc(-c2ccc3c(-c4ccc5ccccc5c4)c4ccc5ccccc5c4c(-c4ccc5ccccc5c4)c3c2)cc1. The van der Waals surface area contributed by atoms with E-state index in [1.165, 1.54) is 87.2 Å². The Bertz CT molecular complexity index is 2540. The Morgan fingerprint density at radius 1 is 0.227 bits per heavy atom. The lowest BCUT2D eigenvalue weighted by molar-refractivity contribution is 1.64. The first-order chi connectivity index (χ1) is 21.8. The topological polar surface area (TPSA) is 0 Å². The summed E-state index contributed by atoms with van der Waals surface area (Å²) in [5.74, 6) is 0. The highest BCUT2D eigenvalue weighted by Crippen LogP contribution is 2.47. The zero-order valence-corrected chi connectivity index (χ0v) is 24.2. The van der Waals surface area contributed by atoms with Gasteiger partial charge < -0.3 is 0 Å². The van der Waals surface area contributed by atoms with Crippen molar-refractivity contribution < 1.29 is 0 Å². The molecule has 204 valence electrons. The zero-order valence-electron chi connectivity index (χ0n) is 24.2. The molecule has 0 saturated heterocycles. The van der Waals surface area contributed by atoms with Gasteiger partial charge in [0.2, 0.25) is 0 Å². The predicted octanol–water partition coefficient (Wildman–Crippen LogP) is 12.5. The number of hydrogen-bond acceptors (Lipinski definition) is 0. The second-order valence-corrected chi connectivity index (χ2v) is 11.7. The van der Waals surface area contributed by atoms with Gasteiger partial charge in [0.05, 0.1) is 0 Å². The van der Waals surface area contributed by atoms with Gasteiger partial charge in [-0.1, -0.05) is 152 Å². The summed E-state index contributed by atoms with van der Waals surface area (Å²) in [6.07, 6.45) is 0. The molecule has 9 aromatic carbocycles. The van der Waals surface area contributed by atoms with Gasteiger partial charge in [-0.2, -0.15) is 0 Å². The van der Waals surface area contributed by atoms with Crippen LogP contribution in [0.4, 0.5) is 0 Å². The van der Waals surface area contributed by atoms with Crippen LogP contribution in [0.2, 0.25) is 0 Å². The minimum atomic E-state index is 1.23. The van der Waals surface area contributed by atoms with Crippen molar-refractivity contribution in [1.29, 1.82) is 0 Å². The molecule has 0 unspecified atom stereocenters. The smallest absolute Gasteiger partial charge is 0.00141 e. The van der Waals surface area contributed by atoms with Gasteiger partial charge >= 0.3 is 0 Å². The Morgan fingerprint density at radius 3 is 1.45 bits per heavy atom. The fourth-order valence-corrected chi connectivity index (χ4v) is 7.11. The third-order valence-electron chi connectivity index (χ3n) is 9.19. The van der Waals surface area contributed by atoms with Crippen molar-refractivity contribution in [2.24, 2.45) is 0 Å². The molecule has 0 spiro atoms. The molecule has 9 rings (SSSR count). The number of hydrogen-bond donors (Lipinski definition) is 0. The molecule has 0 aliphatic heterocycles. The predicted molar refractivity (Wildman–Crippen MR) is 190 cm³/mol. The lowest BCUT2D eigenvalue weighted by atomic mass is 9.82. The average molecular weight is 557 g/mol. The Balaban J connectivity index is 1.49. The van der Waals surface area contributed by atoms with Crippen LogP contribution in [0.15, 0.2) is 170 Å². The van der Waals surface area contributed by atoms with Crippen LogP contribution in [0, 0.1) is 0 Å². The Labute approximate surface area is 256 Å². The van der Waals surface area contributed by atoms with Crippen LogP contribution in [-0.4, -0.2) is 0 Å². The van der Waals surface area contributed by atoms with Crippen LogP contribution in [0.3, 0.4) is 0 Å². The number of rotatable bonds is 3. The highest BCUT2D eigenvalue weighted by Gasteiger charge is 2.20. The molecular formula is C44H28. The maximum Gasteiger partial charge on any atom is -0.00141 e. The highest BCUT2D eigenvalue weighted by molar-refractivity contribution is 6.28. The number of benzene rings is 9. The first-order valence-electron chi connectivity index (χ1n) is 15.3. The molecule has 9 aromatic rings. The third kappa shape index (κ3) is 3.92. The van der Waals surface area contributed by atoms with Crippen LogP contribution in [0.5, 0.6) is 0 Å². The van der Waals surface area contributed by atoms with Gasteiger partial charge in [-0.25, -0.2) is 0 Å². The average Bonchev–Trinajstić information content (AvgIpc) is 3.10. The minimum Gasteiger partial charge on any atom is -0.0622 e. The molecule has 0 fully saturated rings. The van der Waals surface area contributed by atoms with Crippen LogP contribution in [0.1, 0.15) is 0 Å². The first-order valence-corrected chi connectivity index (χ1v) is 15.3. The van der Waals surface area contributed by atoms with E-state index < -0.39 is 0 Å². The van der Waals surface area contributed by atoms with Gasteiger partial charge in [0.25, 0.3) is 0 Å². The molecule has 0 atom stereocenters. The van der Waals surface area contributed by atoms with Gasteiger partial charge in [-0.15, -0.1) is 0 Å². The zero-order chi connectivity index (χ0) is 29.0. The Hall–Kier alpha value is -5.72. The molecule has 0 heteroatoms. The monoisotopic (exact) mass is 556 g/mol. The molecule has 0 aliphatic rings. The quantitative estimate of drug-likeness (QED) is 0.150. The van der Waals surface area contributed by atoms with E-state index in [1.54, 1.807) is 0 Å². The van der Waals surface area contributed by atoms with Crippen molar-refractivity contribution in [2.45, 2.75) is 0 Å². The normalized spacial score (nSPS) is 11.6. The van der Waals surface area contributed by atoms with E-state index in [9.17, 15) is 0 Å². The van der Waals surface area contributed by atoms with E-state index in [-0.39, 0.29) is 0 Å². The van der Waals surface area contributed by atoms with Gasteiger partial charge in [-0.05, 0) is 105 Å². The van der Waals surface area contributed by atoms with Crippen LogP contribution >= 0.6 is 0 Å². The fourth-order valence-electron chi connectivity index (χ4n) is 7.11. The second kappa shape index (κ2) is 9.93. The highest BCUT2D eigenvalue weighted by atomic mass is 14.2. The lowest BCUT2D eigenvalue weighted by Crippen LogP contribution is -1.93. The van der Waals surface area contributed by atoms with Gasteiger partial charge in [0.1, 0.15) is 0 Å². The van der Waals surface area contributed by atoms with Crippen LogP contribution in [0.25, 0.3) is 87.2 Å². The van der Waals surface area contributed by atoms with E-state index in [4.69, 9.17) is 0 Å². The standard InChI is InChI=1S/C44H28/c1-2-10-29(11-3-1)35-23-24-39-41(28-35)43(37-21-19-31-13-5-7-16-34(31)27-37)44-38-17-9-8-14-32(38)22-25-40(44)42(39)36-20-18-30-12-4-6-15-33(30)26-36/h1-28H. The van der Waals surface area contributed by atoms with Crippen molar-refractivity contribution >= 4 is 53.9 Å². The van der Waals surface area contributed by atoms with Gasteiger partial charge in [0, 0.05) is 0 Å². The minimum absolute atomic E-state index is 1.23. The molecule has 0 bridgehead atoms. The molecule has 0 N–H and O–H groups in total. The Morgan fingerprint density at radius 2 is 0.750 bits per heavy atom. The maximum atomic E-state index is 2.42. The largest absolute Gasteiger partial charge is 0.0622 e. The molecule has 0 radical (unpaired) electrons. The molecule has 0 aliphatic carbocycles. The molecular weight excluding hydrogens is 528 g/mol. The van der Waals surface area contributed by atoms with Crippen LogP contribution in [-0.2, 0) is 0 Å². The molecule has 0 amide bonds. The number of fused-ring (bicyclic) bond motifs is 6. The van der Waals surface area contributed by atoms with E-state index in [1.807, 2.05) is 0 Å². The van der Waals surface area contributed by atoms with Gasteiger partial charge in [0.15, 0.2) is 0 Å². The van der Waals surface area contributed by atoms with Crippen molar-refractivity contribution in [3.05, 3.63) is 170 Å². The molecule has 0 heterocycles. The summed E-state index contributed by atoms with van der Waals surface area (Å²) in [7, 11) is 0. The molecule has 0 aromatic heterocycles. The van der Waals surface area contributed by atoms with E-state index in [2.05, 4.69) is 170 Å². The first kappa shape index (κ1) is 24.8. The van der Waals surface area contributed by atoms with Gasteiger partial charge in [-0.3, -0.25) is 0 Å². The third-order valence-corrected chi connectivity index (χ3v) is 9.19. The molecule has 0 saturated carbocycles.